The third-order valence-electron chi connectivity index (χ3n) is 3.46. The van der Waals surface area contributed by atoms with Crippen LogP contribution >= 0.6 is 0 Å². The van der Waals surface area contributed by atoms with Gasteiger partial charge in [0.1, 0.15) is 6.10 Å². The lowest BCUT2D eigenvalue weighted by Gasteiger charge is -2.19. The highest BCUT2D eigenvalue weighted by Gasteiger charge is 2.33. The molecular weight excluding hydrogens is 283 g/mol. The van der Waals surface area contributed by atoms with Gasteiger partial charge in [-0.25, -0.2) is 0 Å². The van der Waals surface area contributed by atoms with Crippen LogP contribution in [-0.2, 0) is 22.1 Å². The largest absolute Gasteiger partial charge is 0.416 e. The number of amides is 1. The van der Waals surface area contributed by atoms with Gasteiger partial charge < -0.3 is 10.1 Å². The number of carbonyl (C=O) groups is 1. The quantitative estimate of drug-likeness (QED) is 0.928. The van der Waals surface area contributed by atoms with Gasteiger partial charge in [0, 0.05) is 12.6 Å². The predicted octanol–water partition coefficient (Wildman–Crippen LogP) is 2.93. The molecule has 0 unspecified atom stereocenters. The summed E-state index contributed by atoms with van der Waals surface area (Å²) in [7, 11) is 0. The average Bonchev–Trinajstić information content (AvgIpc) is 2.91. The zero-order chi connectivity index (χ0) is 15.5. The van der Waals surface area contributed by atoms with E-state index in [0.29, 0.717) is 13.0 Å². The predicted molar refractivity (Wildman–Crippen MR) is 71.7 cm³/mol. The molecule has 0 radical (unpaired) electrons. The summed E-state index contributed by atoms with van der Waals surface area (Å²) in [6, 6.07) is 5.05. The summed E-state index contributed by atoms with van der Waals surface area (Å²) in [6.07, 6.45) is -3.21. The van der Waals surface area contributed by atoms with Crippen molar-refractivity contribution in [3.63, 3.8) is 0 Å². The second-order valence-electron chi connectivity index (χ2n) is 5.27. The van der Waals surface area contributed by atoms with Crippen LogP contribution in [0.15, 0.2) is 24.3 Å². The minimum Gasteiger partial charge on any atom is -0.368 e. The van der Waals surface area contributed by atoms with E-state index in [4.69, 9.17) is 4.74 Å². The molecule has 1 saturated heterocycles. The van der Waals surface area contributed by atoms with Crippen molar-refractivity contribution >= 4 is 5.91 Å². The Morgan fingerprint density at radius 1 is 1.43 bits per heavy atom. The molecule has 0 aliphatic carbocycles. The maximum absolute atomic E-state index is 12.9. The maximum Gasteiger partial charge on any atom is 0.416 e. The van der Waals surface area contributed by atoms with E-state index in [1.54, 1.807) is 13.0 Å². The fourth-order valence-electron chi connectivity index (χ4n) is 2.48. The molecule has 3 nitrogen and oxygen atoms in total. The topological polar surface area (TPSA) is 38.3 Å². The van der Waals surface area contributed by atoms with E-state index in [2.05, 4.69) is 5.32 Å². The van der Waals surface area contributed by atoms with Crippen molar-refractivity contribution in [2.75, 3.05) is 6.61 Å². The average molecular weight is 301 g/mol. The van der Waals surface area contributed by atoms with E-state index in [1.165, 1.54) is 12.1 Å². The highest BCUT2D eigenvalue weighted by molar-refractivity contribution is 5.81. The van der Waals surface area contributed by atoms with Crippen LogP contribution < -0.4 is 5.32 Å². The molecule has 1 aromatic rings. The van der Waals surface area contributed by atoms with Crippen molar-refractivity contribution in [2.45, 2.75) is 44.5 Å². The van der Waals surface area contributed by atoms with Crippen LogP contribution in [0.3, 0.4) is 0 Å². The number of rotatable bonds is 4. The van der Waals surface area contributed by atoms with Gasteiger partial charge in [-0.1, -0.05) is 18.2 Å². The van der Waals surface area contributed by atoms with E-state index in [1.807, 2.05) is 0 Å². The Kier molecular flexibility index (Phi) is 4.88. The third-order valence-corrected chi connectivity index (χ3v) is 3.46. The highest BCUT2D eigenvalue weighted by Crippen LogP contribution is 2.32. The highest BCUT2D eigenvalue weighted by atomic mass is 19.4. The van der Waals surface area contributed by atoms with Gasteiger partial charge in [-0.15, -0.1) is 0 Å². The standard InChI is InChI=1S/C15H18F3NO2/c1-10(19-14(20)13-7-4-8-21-13)9-11-5-2-3-6-12(11)15(16,17)18/h2-3,5-6,10,13H,4,7-9H2,1H3,(H,19,20)/t10-,13+/m1/s1. The Bertz CT molecular complexity index is 496. The van der Waals surface area contributed by atoms with Crippen LogP contribution in [0, 0.1) is 0 Å². The lowest BCUT2D eigenvalue weighted by molar-refractivity contribution is -0.138. The van der Waals surface area contributed by atoms with E-state index in [9.17, 15) is 18.0 Å². The monoisotopic (exact) mass is 301 g/mol. The normalized spacial score (nSPS) is 20.3. The molecule has 1 aromatic carbocycles. The van der Waals surface area contributed by atoms with Crippen LogP contribution in [0.5, 0.6) is 0 Å². The van der Waals surface area contributed by atoms with Gasteiger partial charge in [0.15, 0.2) is 0 Å². The van der Waals surface area contributed by atoms with Crippen LogP contribution in [0.25, 0.3) is 0 Å². The van der Waals surface area contributed by atoms with E-state index >= 15 is 0 Å². The molecule has 2 atom stereocenters. The number of alkyl halides is 3. The minimum absolute atomic E-state index is 0.133. The molecule has 1 amide bonds. The van der Waals surface area contributed by atoms with Gasteiger partial charge in [-0.05, 0) is 37.8 Å². The van der Waals surface area contributed by atoms with Gasteiger partial charge in [-0.2, -0.15) is 13.2 Å². The third kappa shape index (κ3) is 4.20. The smallest absolute Gasteiger partial charge is 0.368 e. The summed E-state index contributed by atoms with van der Waals surface area (Å²) < 4.78 is 44.0. The fourth-order valence-corrected chi connectivity index (χ4v) is 2.48. The first kappa shape index (κ1) is 15.8. The number of halogens is 3. The van der Waals surface area contributed by atoms with Gasteiger partial charge in [0.25, 0.3) is 0 Å². The number of benzene rings is 1. The number of hydrogen-bond donors (Lipinski definition) is 1. The molecule has 1 aliphatic heterocycles. The van der Waals surface area contributed by atoms with Crippen molar-refractivity contribution in [3.8, 4) is 0 Å². The summed E-state index contributed by atoms with van der Waals surface area (Å²) in [5, 5.41) is 2.72. The van der Waals surface area contributed by atoms with Crippen molar-refractivity contribution in [1.29, 1.82) is 0 Å². The fraction of sp³-hybridized carbons (Fsp3) is 0.533. The molecule has 0 bridgehead atoms. The lowest BCUT2D eigenvalue weighted by atomic mass is 10.0. The molecule has 0 aromatic heterocycles. The first-order chi connectivity index (χ1) is 9.88. The summed E-state index contributed by atoms with van der Waals surface area (Å²) in [5.41, 5.74) is -0.464. The number of carbonyl (C=O) groups excluding carboxylic acids is 1. The van der Waals surface area contributed by atoms with E-state index < -0.39 is 17.8 Å². The molecule has 1 aliphatic rings. The van der Waals surface area contributed by atoms with Crippen molar-refractivity contribution < 1.29 is 22.7 Å². The summed E-state index contributed by atoms with van der Waals surface area (Å²) in [6.45, 7) is 2.25. The molecule has 1 N–H and O–H groups in total. The molecule has 0 saturated carbocycles. The first-order valence-electron chi connectivity index (χ1n) is 6.95. The Balaban J connectivity index is 1.99. The van der Waals surface area contributed by atoms with E-state index in [-0.39, 0.29) is 23.9 Å². The van der Waals surface area contributed by atoms with Gasteiger partial charge in [0.05, 0.1) is 5.56 Å². The summed E-state index contributed by atoms with van der Waals surface area (Å²) in [5.74, 6) is -0.246. The van der Waals surface area contributed by atoms with Crippen molar-refractivity contribution in [3.05, 3.63) is 35.4 Å². The molecule has 1 heterocycles. The summed E-state index contributed by atoms with van der Waals surface area (Å²) >= 11 is 0. The molecular formula is C15H18F3NO2. The van der Waals surface area contributed by atoms with Crippen molar-refractivity contribution in [1.82, 2.24) is 5.32 Å². The second-order valence-corrected chi connectivity index (χ2v) is 5.27. The summed E-state index contributed by atoms with van der Waals surface area (Å²) in [4.78, 5) is 11.9. The molecule has 0 spiro atoms. The van der Waals surface area contributed by atoms with Crippen LogP contribution in [0.1, 0.15) is 30.9 Å². The van der Waals surface area contributed by atoms with Crippen LogP contribution in [0.2, 0.25) is 0 Å². The van der Waals surface area contributed by atoms with Gasteiger partial charge in [-0.3, -0.25) is 4.79 Å². The Morgan fingerprint density at radius 3 is 2.76 bits per heavy atom. The Morgan fingerprint density at radius 2 is 2.14 bits per heavy atom. The lowest BCUT2D eigenvalue weighted by Crippen LogP contribution is -2.40. The van der Waals surface area contributed by atoms with Gasteiger partial charge >= 0.3 is 6.18 Å². The molecule has 1 fully saturated rings. The van der Waals surface area contributed by atoms with Crippen LogP contribution in [0.4, 0.5) is 13.2 Å². The molecule has 6 heteroatoms. The van der Waals surface area contributed by atoms with E-state index in [0.717, 1.165) is 12.5 Å². The first-order valence-corrected chi connectivity index (χ1v) is 6.95. The molecule has 116 valence electrons. The number of nitrogens with one attached hydrogen (secondary N) is 1. The zero-order valence-electron chi connectivity index (χ0n) is 11.7. The minimum atomic E-state index is -4.38. The zero-order valence-corrected chi connectivity index (χ0v) is 11.7. The Hall–Kier alpha value is -1.56. The maximum atomic E-state index is 12.9. The molecule has 2 rings (SSSR count). The van der Waals surface area contributed by atoms with Crippen LogP contribution in [-0.4, -0.2) is 24.7 Å². The number of hydrogen-bond acceptors (Lipinski definition) is 2. The number of ether oxygens (including phenoxy) is 1. The Labute approximate surface area is 121 Å². The SMILES string of the molecule is C[C@H](Cc1ccccc1C(F)(F)F)NC(=O)[C@@H]1CCCO1. The second kappa shape index (κ2) is 6.47. The van der Waals surface area contributed by atoms with Gasteiger partial charge in [0.2, 0.25) is 5.91 Å². The van der Waals surface area contributed by atoms with Crippen molar-refractivity contribution in [2.24, 2.45) is 0 Å². The molecule has 21 heavy (non-hydrogen) atoms.